The highest BCUT2D eigenvalue weighted by atomic mass is 32.2. The molecule has 3 N–H and O–H groups in total. The first kappa shape index (κ1) is 35.1. The van der Waals surface area contributed by atoms with Crippen LogP contribution in [0.25, 0.3) is 10.1 Å². The van der Waals surface area contributed by atoms with E-state index < -0.39 is 40.1 Å². The molecular formula is C36H37N5O6S2. The molecule has 4 aromatic carbocycles. The average molecular weight is 700 g/mol. The number of methoxy groups -OCH3 is 1. The van der Waals surface area contributed by atoms with E-state index in [9.17, 15) is 22.8 Å². The summed E-state index contributed by atoms with van der Waals surface area (Å²) in [5, 5.41) is 5.49. The van der Waals surface area contributed by atoms with Crippen molar-refractivity contribution in [3.05, 3.63) is 126 Å². The number of hydrogen-bond acceptors (Lipinski definition) is 7. The Morgan fingerprint density at radius 3 is 1.90 bits per heavy atom. The molecule has 0 bridgehead atoms. The van der Waals surface area contributed by atoms with Crippen molar-refractivity contribution in [2.75, 3.05) is 31.0 Å². The van der Waals surface area contributed by atoms with Crippen molar-refractivity contribution in [1.82, 2.24) is 14.8 Å². The van der Waals surface area contributed by atoms with Crippen LogP contribution in [0.3, 0.4) is 0 Å². The van der Waals surface area contributed by atoms with Crippen molar-refractivity contribution in [2.45, 2.75) is 24.9 Å². The molecule has 0 saturated heterocycles. The zero-order valence-electron chi connectivity index (χ0n) is 27.2. The molecule has 0 saturated carbocycles. The Hall–Kier alpha value is -5.24. The molecule has 2 atom stereocenters. The van der Waals surface area contributed by atoms with E-state index in [-0.39, 0.29) is 12.8 Å². The standard InChI is InChI=1S/C36H37N5O6S2/c1-40(28-14-17-30(47-3)18-15-28)35(43)32(23-26-12-8-5-9-13-26)38-49(45,46)39-36(44)37-31(22-25-10-6-4-7-11-25)34(42)41(2)29-16-19-33-27(24-29)20-21-48-33/h4-21,24,31-32,38H,22-23H2,1-3H3,(H2,37,39,44)/t31-,32-/m0/s1. The molecule has 0 radical (unpaired) electrons. The van der Waals surface area contributed by atoms with Crippen molar-refractivity contribution in [3.63, 3.8) is 0 Å². The molecule has 0 spiro atoms. The highest BCUT2D eigenvalue weighted by Gasteiger charge is 2.31. The van der Waals surface area contributed by atoms with E-state index in [0.717, 1.165) is 15.6 Å². The Kier molecular flexibility index (Phi) is 11.3. The predicted molar refractivity (Wildman–Crippen MR) is 193 cm³/mol. The quantitative estimate of drug-likeness (QED) is 0.160. The Balaban J connectivity index is 1.33. The summed E-state index contributed by atoms with van der Waals surface area (Å²) in [4.78, 5) is 43.5. The Morgan fingerprint density at radius 2 is 1.29 bits per heavy atom. The lowest BCUT2D eigenvalue weighted by atomic mass is 10.0. The van der Waals surface area contributed by atoms with Crippen molar-refractivity contribution in [1.29, 1.82) is 0 Å². The third kappa shape index (κ3) is 9.22. The summed E-state index contributed by atoms with van der Waals surface area (Å²) in [5.41, 5.74) is 2.60. The maximum Gasteiger partial charge on any atom is 0.330 e. The molecule has 1 aromatic heterocycles. The van der Waals surface area contributed by atoms with Crippen LogP contribution in [0.4, 0.5) is 16.2 Å². The fourth-order valence-electron chi connectivity index (χ4n) is 5.30. The van der Waals surface area contributed by atoms with E-state index in [2.05, 4.69) is 10.0 Å². The maximum absolute atomic E-state index is 13.8. The van der Waals surface area contributed by atoms with Crippen molar-refractivity contribution >= 4 is 60.9 Å². The molecule has 4 amide bonds. The van der Waals surface area contributed by atoms with Gasteiger partial charge in [0.1, 0.15) is 17.8 Å². The van der Waals surface area contributed by atoms with E-state index in [0.29, 0.717) is 22.7 Å². The number of rotatable bonds is 13. The lowest BCUT2D eigenvalue weighted by Crippen LogP contribution is -2.57. The normalized spacial score (nSPS) is 12.5. The van der Waals surface area contributed by atoms with Crippen molar-refractivity contribution in [2.24, 2.45) is 0 Å². The molecule has 0 unspecified atom stereocenters. The third-order valence-corrected chi connectivity index (χ3v) is 9.88. The molecule has 5 rings (SSSR count). The van der Waals surface area contributed by atoms with Gasteiger partial charge in [0.25, 0.3) is 0 Å². The number of thiophene rings is 1. The first-order chi connectivity index (χ1) is 23.5. The topological polar surface area (TPSA) is 137 Å². The number of urea groups is 1. The van der Waals surface area contributed by atoms with Gasteiger partial charge in [-0.2, -0.15) is 13.1 Å². The minimum Gasteiger partial charge on any atom is -0.497 e. The van der Waals surface area contributed by atoms with E-state index in [1.54, 1.807) is 66.9 Å². The number of ether oxygens (including phenoxy) is 1. The lowest BCUT2D eigenvalue weighted by Gasteiger charge is -2.26. The van der Waals surface area contributed by atoms with Gasteiger partial charge in [-0.3, -0.25) is 9.59 Å². The molecule has 11 nitrogen and oxygen atoms in total. The van der Waals surface area contributed by atoms with Gasteiger partial charge >= 0.3 is 16.2 Å². The molecular weight excluding hydrogens is 663 g/mol. The smallest absolute Gasteiger partial charge is 0.330 e. The minimum atomic E-state index is -4.61. The first-order valence-electron chi connectivity index (χ1n) is 15.4. The fourth-order valence-corrected chi connectivity index (χ4v) is 6.99. The van der Waals surface area contributed by atoms with Gasteiger partial charge in [-0.1, -0.05) is 60.7 Å². The fraction of sp³-hybridized carbons (Fsp3) is 0.194. The summed E-state index contributed by atoms with van der Waals surface area (Å²) in [6.07, 6.45) is 0.116. The number of anilines is 2. The second-order valence-corrected chi connectivity index (χ2v) is 13.7. The number of hydrogen-bond donors (Lipinski definition) is 3. The number of carbonyl (C=O) groups is 3. The van der Waals surface area contributed by atoms with Gasteiger partial charge in [0.05, 0.1) is 7.11 Å². The molecule has 1 heterocycles. The summed E-state index contributed by atoms with van der Waals surface area (Å²) in [6, 6.07) is 28.8. The van der Waals surface area contributed by atoms with Crippen LogP contribution < -0.4 is 29.3 Å². The summed E-state index contributed by atoms with van der Waals surface area (Å²) < 4.78 is 37.3. The zero-order valence-corrected chi connectivity index (χ0v) is 28.8. The van der Waals surface area contributed by atoms with Crippen LogP contribution in [0.5, 0.6) is 5.75 Å². The monoisotopic (exact) mass is 699 g/mol. The van der Waals surface area contributed by atoms with Crippen molar-refractivity contribution in [3.8, 4) is 5.75 Å². The van der Waals surface area contributed by atoms with Crippen LogP contribution in [0.1, 0.15) is 11.1 Å². The average Bonchev–Trinajstić information content (AvgIpc) is 3.58. The SMILES string of the molecule is COc1ccc(N(C)C(=O)[C@H](Cc2ccccc2)NS(=O)(=O)NC(=O)N[C@@H](Cc2ccccc2)C(=O)N(C)c2ccc3sccc3c2)cc1. The summed E-state index contributed by atoms with van der Waals surface area (Å²) in [5.74, 6) is -0.404. The third-order valence-electron chi connectivity index (χ3n) is 7.94. The Labute approximate surface area is 289 Å². The minimum absolute atomic E-state index is 0.0110. The number of nitrogens with zero attached hydrogens (tertiary/aromatic N) is 2. The van der Waals surface area contributed by atoms with Crippen LogP contribution in [-0.4, -0.2) is 59.6 Å². The van der Waals surface area contributed by atoms with Gasteiger partial charge in [-0.05, 0) is 76.8 Å². The Morgan fingerprint density at radius 1 is 0.735 bits per heavy atom. The van der Waals surface area contributed by atoms with Gasteiger partial charge in [-0.25, -0.2) is 9.52 Å². The summed E-state index contributed by atoms with van der Waals surface area (Å²) >= 11 is 1.59. The number of likely N-dealkylation sites (N-methyl/N-ethyl adjacent to an activating group) is 2. The van der Waals surface area contributed by atoms with Crippen LogP contribution in [0, 0.1) is 0 Å². The van der Waals surface area contributed by atoms with Crippen LogP contribution >= 0.6 is 11.3 Å². The van der Waals surface area contributed by atoms with E-state index in [1.807, 2.05) is 70.8 Å². The van der Waals surface area contributed by atoms with Crippen LogP contribution in [0.15, 0.2) is 115 Å². The molecule has 0 fully saturated rings. The highest BCUT2D eigenvalue weighted by Crippen LogP contribution is 2.26. The highest BCUT2D eigenvalue weighted by molar-refractivity contribution is 7.88. The summed E-state index contributed by atoms with van der Waals surface area (Å²) in [6.45, 7) is 0. The largest absolute Gasteiger partial charge is 0.497 e. The maximum atomic E-state index is 13.8. The first-order valence-corrected chi connectivity index (χ1v) is 17.7. The van der Waals surface area contributed by atoms with Gasteiger partial charge in [0, 0.05) is 36.6 Å². The second kappa shape index (κ2) is 15.8. The van der Waals surface area contributed by atoms with E-state index in [1.165, 1.54) is 24.0 Å². The van der Waals surface area contributed by atoms with E-state index in [4.69, 9.17) is 4.74 Å². The van der Waals surface area contributed by atoms with Crippen molar-refractivity contribution < 1.29 is 27.5 Å². The summed E-state index contributed by atoms with van der Waals surface area (Å²) in [7, 11) is 0.0522. The van der Waals surface area contributed by atoms with Gasteiger partial charge in [0.2, 0.25) is 11.8 Å². The molecule has 0 aliphatic carbocycles. The molecule has 0 aliphatic rings. The zero-order chi connectivity index (χ0) is 35.0. The molecule has 254 valence electrons. The molecule has 49 heavy (non-hydrogen) atoms. The van der Waals surface area contributed by atoms with Crippen LogP contribution in [0.2, 0.25) is 0 Å². The molecule has 5 aromatic rings. The number of benzene rings is 4. The molecule has 0 aliphatic heterocycles. The van der Waals surface area contributed by atoms with Gasteiger partial charge in [-0.15, -0.1) is 11.3 Å². The second-order valence-electron chi connectivity index (χ2n) is 11.3. The number of fused-ring (bicyclic) bond motifs is 1. The van der Waals surface area contributed by atoms with E-state index >= 15 is 0 Å². The lowest BCUT2D eigenvalue weighted by molar-refractivity contribution is -0.120. The Bertz CT molecular complexity index is 2000. The number of amides is 4. The van der Waals surface area contributed by atoms with Gasteiger partial charge in [0.15, 0.2) is 0 Å². The molecule has 13 heteroatoms. The number of nitrogens with one attached hydrogen (secondary N) is 3. The van der Waals surface area contributed by atoms with Crippen LogP contribution in [-0.2, 0) is 32.6 Å². The number of carbonyl (C=O) groups excluding carboxylic acids is 3. The predicted octanol–water partition coefficient (Wildman–Crippen LogP) is 4.89. The van der Waals surface area contributed by atoms with Gasteiger partial charge < -0.3 is 19.9 Å².